The molecule has 1 aromatic carbocycles. The molecule has 8 nitrogen and oxygen atoms in total. The van der Waals surface area contributed by atoms with Crippen LogP contribution in [0.2, 0.25) is 0 Å². The highest BCUT2D eigenvalue weighted by Gasteiger charge is 2.21. The Morgan fingerprint density at radius 2 is 1.82 bits per heavy atom. The Morgan fingerprint density at radius 1 is 1.07 bits per heavy atom. The molecule has 2 heterocycles. The van der Waals surface area contributed by atoms with Crippen LogP contribution in [0.1, 0.15) is 12.5 Å². The monoisotopic (exact) mass is 384 g/mol. The van der Waals surface area contributed by atoms with Gasteiger partial charge in [0.25, 0.3) is 0 Å². The van der Waals surface area contributed by atoms with Crippen LogP contribution in [0.3, 0.4) is 0 Å². The number of likely N-dealkylation sites (N-methyl/N-ethyl adjacent to an activating group) is 1. The molecule has 28 heavy (non-hydrogen) atoms. The molecule has 3 rings (SSSR count). The van der Waals surface area contributed by atoms with Crippen LogP contribution in [0.15, 0.2) is 42.7 Å². The minimum atomic E-state index is -0.0480. The molecule has 0 radical (unpaired) electrons. The van der Waals surface area contributed by atoms with E-state index in [1.165, 1.54) is 0 Å². The van der Waals surface area contributed by atoms with E-state index in [9.17, 15) is 9.59 Å². The van der Waals surface area contributed by atoms with E-state index >= 15 is 0 Å². The fourth-order valence-electron chi connectivity index (χ4n) is 3.20. The number of rotatable bonds is 7. The van der Waals surface area contributed by atoms with Gasteiger partial charge in [0.05, 0.1) is 18.4 Å². The standard InChI is InChI=1S/C20H28N6O2/c1-2-21-19(27)16-24-10-12-25(13-11-24)20(28)22-9-8-17-14-23-26(15-17)18-6-4-3-5-7-18/h3-7,14-15H,2,8-13,16H2,1H3,(H,21,27)(H,22,28). The van der Waals surface area contributed by atoms with Crippen molar-refractivity contribution >= 4 is 11.9 Å². The summed E-state index contributed by atoms with van der Waals surface area (Å²) >= 11 is 0. The topological polar surface area (TPSA) is 82.5 Å². The molecule has 0 bridgehead atoms. The molecular formula is C20H28N6O2. The lowest BCUT2D eigenvalue weighted by Gasteiger charge is -2.34. The van der Waals surface area contributed by atoms with Gasteiger partial charge in [-0.05, 0) is 31.0 Å². The number of nitrogens with zero attached hydrogens (tertiary/aromatic N) is 4. The molecule has 1 aliphatic heterocycles. The molecule has 1 aliphatic rings. The third kappa shape index (κ3) is 5.56. The molecule has 2 aromatic rings. The number of carbonyl (C=O) groups is 2. The summed E-state index contributed by atoms with van der Waals surface area (Å²) in [5.74, 6) is 0.0384. The van der Waals surface area contributed by atoms with Crippen LogP contribution in [0.5, 0.6) is 0 Å². The Morgan fingerprint density at radius 3 is 2.54 bits per heavy atom. The third-order valence-corrected chi connectivity index (χ3v) is 4.75. The van der Waals surface area contributed by atoms with Gasteiger partial charge in [0.2, 0.25) is 5.91 Å². The Balaban J connectivity index is 1.37. The summed E-state index contributed by atoms with van der Waals surface area (Å²) in [6, 6.07) is 9.89. The Kier molecular flexibility index (Phi) is 7.02. The highest BCUT2D eigenvalue weighted by molar-refractivity contribution is 5.78. The lowest BCUT2D eigenvalue weighted by atomic mass is 10.2. The van der Waals surface area contributed by atoms with Gasteiger partial charge in [-0.25, -0.2) is 9.48 Å². The highest BCUT2D eigenvalue weighted by atomic mass is 16.2. The number of benzene rings is 1. The molecule has 1 saturated heterocycles. The number of hydrogen-bond donors (Lipinski definition) is 2. The van der Waals surface area contributed by atoms with E-state index in [2.05, 4.69) is 20.6 Å². The van der Waals surface area contributed by atoms with E-state index in [4.69, 9.17) is 0 Å². The average molecular weight is 384 g/mol. The van der Waals surface area contributed by atoms with E-state index in [0.717, 1.165) is 17.7 Å². The molecule has 0 aliphatic carbocycles. The number of nitrogens with one attached hydrogen (secondary N) is 2. The van der Waals surface area contributed by atoms with Crippen molar-refractivity contribution in [2.75, 3.05) is 45.8 Å². The van der Waals surface area contributed by atoms with Crippen LogP contribution in [0.4, 0.5) is 4.79 Å². The molecule has 0 saturated carbocycles. The van der Waals surface area contributed by atoms with Gasteiger partial charge >= 0.3 is 6.03 Å². The van der Waals surface area contributed by atoms with Crippen molar-refractivity contribution < 1.29 is 9.59 Å². The summed E-state index contributed by atoms with van der Waals surface area (Å²) in [5, 5.41) is 10.2. The first-order valence-corrected chi connectivity index (χ1v) is 9.76. The van der Waals surface area contributed by atoms with Gasteiger partial charge < -0.3 is 15.5 Å². The predicted molar refractivity (Wildman–Crippen MR) is 107 cm³/mol. The normalized spacial score (nSPS) is 14.7. The second-order valence-electron chi connectivity index (χ2n) is 6.83. The molecule has 3 amide bonds. The Hall–Kier alpha value is -2.87. The summed E-state index contributed by atoms with van der Waals surface area (Å²) in [4.78, 5) is 27.9. The van der Waals surface area contributed by atoms with Crippen molar-refractivity contribution in [2.24, 2.45) is 0 Å². The van der Waals surface area contributed by atoms with E-state index < -0.39 is 0 Å². The van der Waals surface area contributed by atoms with Crippen molar-refractivity contribution in [1.29, 1.82) is 0 Å². The van der Waals surface area contributed by atoms with Gasteiger partial charge in [-0.2, -0.15) is 5.10 Å². The minimum absolute atomic E-state index is 0.0384. The molecule has 2 N–H and O–H groups in total. The first-order chi connectivity index (χ1) is 13.7. The molecule has 0 atom stereocenters. The molecule has 0 unspecified atom stereocenters. The fraction of sp³-hybridized carbons (Fsp3) is 0.450. The number of amides is 3. The van der Waals surface area contributed by atoms with Crippen LogP contribution in [-0.2, 0) is 11.2 Å². The van der Waals surface area contributed by atoms with E-state index in [-0.39, 0.29) is 11.9 Å². The zero-order valence-corrected chi connectivity index (χ0v) is 16.3. The first kappa shape index (κ1) is 19.9. The second kappa shape index (κ2) is 9.89. The summed E-state index contributed by atoms with van der Waals surface area (Å²) < 4.78 is 1.84. The van der Waals surface area contributed by atoms with Crippen molar-refractivity contribution in [2.45, 2.75) is 13.3 Å². The Bertz CT molecular complexity index is 768. The van der Waals surface area contributed by atoms with Gasteiger partial charge in [-0.3, -0.25) is 9.69 Å². The number of aromatic nitrogens is 2. The fourth-order valence-corrected chi connectivity index (χ4v) is 3.20. The van der Waals surface area contributed by atoms with Gasteiger partial charge in [-0.15, -0.1) is 0 Å². The van der Waals surface area contributed by atoms with E-state index in [0.29, 0.717) is 45.8 Å². The predicted octanol–water partition coefficient (Wildman–Crippen LogP) is 0.878. The summed E-state index contributed by atoms with van der Waals surface area (Å²) in [7, 11) is 0. The number of para-hydroxylation sites is 1. The number of piperazine rings is 1. The SMILES string of the molecule is CCNC(=O)CN1CCN(C(=O)NCCc2cnn(-c3ccccc3)c2)CC1. The largest absolute Gasteiger partial charge is 0.355 e. The molecule has 150 valence electrons. The lowest BCUT2D eigenvalue weighted by molar-refractivity contribution is -0.122. The molecular weight excluding hydrogens is 356 g/mol. The minimum Gasteiger partial charge on any atom is -0.355 e. The number of hydrogen-bond acceptors (Lipinski definition) is 4. The third-order valence-electron chi connectivity index (χ3n) is 4.75. The molecule has 8 heteroatoms. The van der Waals surface area contributed by atoms with Crippen LogP contribution in [0, 0.1) is 0 Å². The first-order valence-electron chi connectivity index (χ1n) is 9.76. The number of urea groups is 1. The van der Waals surface area contributed by atoms with Crippen LogP contribution in [0.25, 0.3) is 5.69 Å². The Labute approximate surface area is 165 Å². The summed E-state index contributed by atoms with van der Waals surface area (Å²) in [6.45, 7) is 6.22. The van der Waals surface area contributed by atoms with Gasteiger partial charge in [0.1, 0.15) is 0 Å². The van der Waals surface area contributed by atoms with Crippen molar-refractivity contribution in [3.8, 4) is 5.69 Å². The quantitative estimate of drug-likeness (QED) is 0.742. The highest BCUT2D eigenvalue weighted by Crippen LogP contribution is 2.08. The molecule has 0 spiro atoms. The zero-order chi connectivity index (χ0) is 19.8. The summed E-state index contributed by atoms with van der Waals surface area (Å²) in [6.07, 6.45) is 4.55. The van der Waals surface area contributed by atoms with E-state index in [1.807, 2.05) is 59.2 Å². The maximum atomic E-state index is 12.3. The lowest BCUT2D eigenvalue weighted by Crippen LogP contribution is -2.53. The van der Waals surface area contributed by atoms with Gasteiger partial charge in [0.15, 0.2) is 0 Å². The van der Waals surface area contributed by atoms with Crippen molar-refractivity contribution in [1.82, 2.24) is 30.2 Å². The van der Waals surface area contributed by atoms with Crippen molar-refractivity contribution in [3.05, 3.63) is 48.3 Å². The maximum absolute atomic E-state index is 12.3. The number of carbonyl (C=O) groups excluding carboxylic acids is 2. The molecule has 1 aromatic heterocycles. The van der Waals surface area contributed by atoms with Crippen LogP contribution >= 0.6 is 0 Å². The average Bonchev–Trinajstić information content (AvgIpc) is 3.18. The summed E-state index contributed by atoms with van der Waals surface area (Å²) in [5.41, 5.74) is 2.10. The zero-order valence-electron chi connectivity index (χ0n) is 16.3. The second-order valence-corrected chi connectivity index (χ2v) is 6.83. The van der Waals surface area contributed by atoms with Crippen LogP contribution < -0.4 is 10.6 Å². The van der Waals surface area contributed by atoms with Gasteiger partial charge in [0, 0.05) is 45.5 Å². The van der Waals surface area contributed by atoms with Crippen molar-refractivity contribution in [3.63, 3.8) is 0 Å². The van der Waals surface area contributed by atoms with Gasteiger partial charge in [-0.1, -0.05) is 18.2 Å². The van der Waals surface area contributed by atoms with Crippen LogP contribution in [-0.4, -0.2) is 77.3 Å². The molecule has 1 fully saturated rings. The smallest absolute Gasteiger partial charge is 0.317 e. The van der Waals surface area contributed by atoms with E-state index in [1.54, 1.807) is 0 Å². The maximum Gasteiger partial charge on any atom is 0.317 e.